The third-order valence-corrected chi connectivity index (χ3v) is 2.02. The predicted molar refractivity (Wildman–Crippen MR) is 63.6 cm³/mol. The Morgan fingerprint density at radius 2 is 2.06 bits per heavy atom. The highest BCUT2D eigenvalue weighted by atomic mass is 16.5. The summed E-state index contributed by atoms with van der Waals surface area (Å²) in [5.74, 6) is -0.530. The van der Waals surface area contributed by atoms with E-state index in [-0.39, 0.29) is 5.56 Å². The Hall–Kier alpha value is -2.08. The highest BCUT2D eigenvalue weighted by Crippen LogP contribution is 2.09. The zero-order valence-electron chi connectivity index (χ0n) is 9.53. The smallest absolute Gasteiger partial charge is 0.321 e. The van der Waals surface area contributed by atoms with E-state index in [0.29, 0.717) is 18.8 Å². The second-order valence-corrected chi connectivity index (χ2v) is 3.29. The van der Waals surface area contributed by atoms with Crippen LogP contribution in [0.25, 0.3) is 0 Å². The Bertz CT molecular complexity index is 407. The molecule has 3 amide bonds. The lowest BCUT2D eigenvalue weighted by atomic mass is 10.2. The largest absolute Gasteiger partial charge is 0.398 e. The lowest BCUT2D eigenvalue weighted by molar-refractivity contribution is 0.0964. The fourth-order valence-electron chi connectivity index (χ4n) is 1.19. The van der Waals surface area contributed by atoms with E-state index in [4.69, 9.17) is 10.5 Å². The van der Waals surface area contributed by atoms with Crippen molar-refractivity contribution < 1.29 is 14.3 Å². The number of amides is 3. The van der Waals surface area contributed by atoms with Crippen molar-refractivity contribution in [3.63, 3.8) is 0 Å². The number of para-hydroxylation sites is 1. The third-order valence-electron chi connectivity index (χ3n) is 2.02. The van der Waals surface area contributed by atoms with Crippen molar-refractivity contribution in [3.05, 3.63) is 29.8 Å². The minimum Gasteiger partial charge on any atom is -0.398 e. The summed E-state index contributed by atoms with van der Waals surface area (Å²) in [6.07, 6.45) is 0. The van der Waals surface area contributed by atoms with Gasteiger partial charge in [0.25, 0.3) is 5.91 Å². The second kappa shape index (κ2) is 6.49. The van der Waals surface area contributed by atoms with E-state index in [0.717, 1.165) is 0 Å². The topological polar surface area (TPSA) is 93.5 Å². The van der Waals surface area contributed by atoms with Crippen LogP contribution in [0.3, 0.4) is 0 Å². The van der Waals surface area contributed by atoms with Gasteiger partial charge in [-0.25, -0.2) is 4.79 Å². The zero-order valence-corrected chi connectivity index (χ0v) is 9.53. The molecule has 6 heteroatoms. The summed E-state index contributed by atoms with van der Waals surface area (Å²) >= 11 is 0. The average Bonchev–Trinajstić information content (AvgIpc) is 2.29. The number of urea groups is 1. The maximum absolute atomic E-state index is 11.6. The molecule has 0 saturated heterocycles. The highest BCUT2D eigenvalue weighted by molar-refractivity contribution is 6.07. The molecule has 0 bridgehead atoms. The fraction of sp³-hybridized carbons (Fsp3) is 0.273. The molecule has 1 aromatic rings. The molecule has 0 aliphatic rings. The number of nitrogens with two attached hydrogens (primary N) is 1. The van der Waals surface area contributed by atoms with Crippen molar-refractivity contribution in [2.75, 3.05) is 26.0 Å². The van der Waals surface area contributed by atoms with Crippen LogP contribution in [-0.4, -0.2) is 32.2 Å². The number of anilines is 1. The molecule has 0 radical (unpaired) electrons. The first-order valence-corrected chi connectivity index (χ1v) is 5.07. The molecule has 1 rings (SSSR count). The minimum absolute atomic E-state index is 0.273. The van der Waals surface area contributed by atoms with E-state index in [9.17, 15) is 9.59 Å². The van der Waals surface area contributed by atoms with E-state index in [1.54, 1.807) is 24.3 Å². The Kier molecular flexibility index (Phi) is 4.96. The number of nitrogen functional groups attached to an aromatic ring is 1. The second-order valence-electron chi connectivity index (χ2n) is 3.29. The SMILES string of the molecule is COCCNC(=O)NC(=O)c1ccccc1N. The number of hydrogen-bond acceptors (Lipinski definition) is 4. The van der Waals surface area contributed by atoms with Gasteiger partial charge in [0.05, 0.1) is 12.2 Å². The molecule has 0 aliphatic heterocycles. The van der Waals surface area contributed by atoms with Gasteiger partial charge in [-0.15, -0.1) is 0 Å². The van der Waals surface area contributed by atoms with E-state index in [1.165, 1.54) is 7.11 Å². The first-order valence-electron chi connectivity index (χ1n) is 5.07. The molecular weight excluding hydrogens is 222 g/mol. The van der Waals surface area contributed by atoms with Gasteiger partial charge in [0.2, 0.25) is 0 Å². The number of carbonyl (C=O) groups is 2. The van der Waals surface area contributed by atoms with Crippen molar-refractivity contribution >= 4 is 17.6 Å². The summed E-state index contributed by atoms with van der Waals surface area (Å²) in [4.78, 5) is 22.9. The monoisotopic (exact) mass is 237 g/mol. The van der Waals surface area contributed by atoms with Gasteiger partial charge in [-0.05, 0) is 12.1 Å². The van der Waals surface area contributed by atoms with Gasteiger partial charge in [-0.3, -0.25) is 10.1 Å². The van der Waals surface area contributed by atoms with Gasteiger partial charge in [-0.1, -0.05) is 12.1 Å². The van der Waals surface area contributed by atoms with Crippen LogP contribution in [0.2, 0.25) is 0 Å². The fourth-order valence-corrected chi connectivity index (χ4v) is 1.19. The number of ether oxygens (including phenoxy) is 1. The van der Waals surface area contributed by atoms with Gasteiger partial charge in [-0.2, -0.15) is 0 Å². The summed E-state index contributed by atoms with van der Waals surface area (Å²) in [7, 11) is 1.52. The lowest BCUT2D eigenvalue weighted by Gasteiger charge is -2.07. The van der Waals surface area contributed by atoms with E-state index in [1.807, 2.05) is 0 Å². The first kappa shape index (κ1) is 13.0. The van der Waals surface area contributed by atoms with Crippen molar-refractivity contribution in [2.45, 2.75) is 0 Å². The molecule has 6 nitrogen and oxygen atoms in total. The highest BCUT2D eigenvalue weighted by Gasteiger charge is 2.11. The van der Waals surface area contributed by atoms with Crippen molar-refractivity contribution in [3.8, 4) is 0 Å². The quantitative estimate of drug-likeness (QED) is 0.520. The predicted octanol–water partition coefficient (Wildman–Crippen LogP) is 0.355. The molecule has 0 aromatic heterocycles. The van der Waals surface area contributed by atoms with Crippen molar-refractivity contribution in [1.82, 2.24) is 10.6 Å². The number of carbonyl (C=O) groups excluding carboxylic acids is 2. The summed E-state index contributed by atoms with van der Waals surface area (Å²) in [6, 6.07) is 5.96. The molecule has 1 aromatic carbocycles. The standard InChI is InChI=1S/C11H15N3O3/c1-17-7-6-13-11(16)14-10(15)8-4-2-3-5-9(8)12/h2-5H,6-7,12H2,1H3,(H2,13,14,15,16). The van der Waals surface area contributed by atoms with E-state index < -0.39 is 11.9 Å². The molecule has 0 heterocycles. The van der Waals surface area contributed by atoms with E-state index >= 15 is 0 Å². The van der Waals surface area contributed by atoms with Crippen LogP contribution in [0.4, 0.5) is 10.5 Å². The van der Waals surface area contributed by atoms with Gasteiger partial charge in [0, 0.05) is 19.3 Å². The summed E-state index contributed by atoms with van der Waals surface area (Å²) in [6.45, 7) is 0.717. The number of imide groups is 1. The summed E-state index contributed by atoms with van der Waals surface area (Å²) in [5, 5.41) is 4.64. The molecule has 4 N–H and O–H groups in total. The normalized spacial score (nSPS) is 9.71. The van der Waals surface area contributed by atoms with Crippen molar-refractivity contribution in [2.24, 2.45) is 0 Å². The summed E-state index contributed by atoms with van der Waals surface area (Å²) in [5.41, 5.74) is 6.21. The minimum atomic E-state index is -0.574. The summed E-state index contributed by atoms with van der Waals surface area (Å²) < 4.78 is 4.75. The zero-order chi connectivity index (χ0) is 12.7. The molecule has 92 valence electrons. The van der Waals surface area contributed by atoms with Crippen molar-refractivity contribution in [1.29, 1.82) is 0 Å². The molecule has 0 aliphatic carbocycles. The maximum Gasteiger partial charge on any atom is 0.321 e. The molecule has 0 unspecified atom stereocenters. The molecule has 0 fully saturated rings. The first-order chi connectivity index (χ1) is 8.15. The number of benzene rings is 1. The third kappa shape index (κ3) is 4.12. The molecule has 0 atom stereocenters. The Labute approximate surface area is 99.1 Å². The van der Waals surface area contributed by atoms with E-state index in [2.05, 4.69) is 10.6 Å². The molecule has 0 spiro atoms. The average molecular weight is 237 g/mol. The lowest BCUT2D eigenvalue weighted by Crippen LogP contribution is -2.40. The number of methoxy groups -OCH3 is 1. The number of nitrogens with one attached hydrogen (secondary N) is 2. The van der Waals surface area contributed by atoms with Gasteiger partial charge < -0.3 is 15.8 Å². The van der Waals surface area contributed by atoms with Crippen LogP contribution >= 0.6 is 0 Å². The van der Waals surface area contributed by atoms with Gasteiger partial charge in [0.15, 0.2) is 0 Å². The molecular formula is C11H15N3O3. The molecule has 17 heavy (non-hydrogen) atoms. The number of hydrogen-bond donors (Lipinski definition) is 3. The Morgan fingerprint density at radius 1 is 1.35 bits per heavy atom. The van der Waals surface area contributed by atoms with Crippen LogP contribution in [0.15, 0.2) is 24.3 Å². The van der Waals surface area contributed by atoms with Crippen LogP contribution in [0.1, 0.15) is 10.4 Å². The molecule has 0 saturated carbocycles. The Balaban J connectivity index is 2.49. The van der Waals surface area contributed by atoms with Gasteiger partial charge >= 0.3 is 6.03 Å². The van der Waals surface area contributed by atoms with Crippen LogP contribution in [0.5, 0.6) is 0 Å². The maximum atomic E-state index is 11.6. The van der Waals surface area contributed by atoms with Crippen LogP contribution in [-0.2, 0) is 4.74 Å². The number of rotatable bonds is 4. The van der Waals surface area contributed by atoms with Gasteiger partial charge in [0.1, 0.15) is 0 Å². The van der Waals surface area contributed by atoms with Crippen LogP contribution in [0, 0.1) is 0 Å². The van der Waals surface area contributed by atoms with Crippen LogP contribution < -0.4 is 16.4 Å². The Morgan fingerprint density at radius 3 is 2.71 bits per heavy atom.